The molecule has 1 amide bonds. The number of H-pyrrole nitrogens is 1. The quantitative estimate of drug-likeness (QED) is 0.370. The molecule has 3 aromatic rings. The molecule has 0 saturated carbocycles. The number of hydrogen-bond donors (Lipinski definition) is 2. The predicted octanol–water partition coefficient (Wildman–Crippen LogP) is 4.87. The molecule has 32 heavy (non-hydrogen) atoms. The van der Waals surface area contributed by atoms with Crippen molar-refractivity contribution in [3.8, 4) is 0 Å². The van der Waals surface area contributed by atoms with E-state index in [0.29, 0.717) is 13.0 Å². The first-order chi connectivity index (χ1) is 15.4. The summed E-state index contributed by atoms with van der Waals surface area (Å²) in [6.45, 7) is 3.27. The highest BCUT2D eigenvalue weighted by Gasteiger charge is 2.30. The zero-order chi connectivity index (χ0) is 22.6. The van der Waals surface area contributed by atoms with E-state index in [1.165, 1.54) is 11.6 Å². The molecule has 0 radical (unpaired) electrons. The minimum Gasteiger partial charge on any atom is -0.373 e. The van der Waals surface area contributed by atoms with Gasteiger partial charge in [-0.1, -0.05) is 30.3 Å². The zero-order valence-corrected chi connectivity index (χ0v) is 18.3. The Morgan fingerprint density at radius 3 is 2.81 bits per heavy atom. The Morgan fingerprint density at radius 2 is 2.09 bits per heavy atom. The highest BCUT2D eigenvalue weighted by atomic mass is 16.6. The number of aromatic nitrogens is 1. The number of fused-ring (bicyclic) bond motifs is 1. The van der Waals surface area contributed by atoms with Crippen LogP contribution < -0.4 is 5.32 Å². The third kappa shape index (κ3) is 5.16. The van der Waals surface area contributed by atoms with E-state index in [2.05, 4.69) is 22.4 Å². The smallest absolute Gasteiger partial charge is 0.270 e. The van der Waals surface area contributed by atoms with Crippen LogP contribution in [0.4, 0.5) is 5.69 Å². The molecule has 2 aromatic carbocycles. The van der Waals surface area contributed by atoms with E-state index in [1.54, 1.807) is 12.1 Å². The molecule has 0 bridgehead atoms. The number of rotatable bonds is 9. The van der Waals surface area contributed by atoms with Crippen LogP contribution in [0.1, 0.15) is 49.7 Å². The maximum absolute atomic E-state index is 12.9. The van der Waals surface area contributed by atoms with Crippen LogP contribution in [-0.4, -0.2) is 34.6 Å². The topological polar surface area (TPSA) is 97.3 Å². The maximum atomic E-state index is 12.9. The number of carbonyl (C=O) groups excluding carboxylic acids is 1. The maximum Gasteiger partial charge on any atom is 0.270 e. The first-order valence-electron chi connectivity index (χ1n) is 11.1. The van der Waals surface area contributed by atoms with E-state index < -0.39 is 0 Å². The third-order valence-electron chi connectivity index (χ3n) is 6.36. The van der Waals surface area contributed by atoms with Crippen LogP contribution in [0.15, 0.2) is 54.7 Å². The summed E-state index contributed by atoms with van der Waals surface area (Å²) in [7, 11) is 0. The van der Waals surface area contributed by atoms with E-state index in [1.807, 2.05) is 31.3 Å². The van der Waals surface area contributed by atoms with Gasteiger partial charge in [0, 0.05) is 48.8 Å². The molecule has 0 spiro atoms. The second kappa shape index (κ2) is 9.53. The molecule has 2 atom stereocenters. The van der Waals surface area contributed by atoms with Crippen molar-refractivity contribution in [1.29, 1.82) is 0 Å². The summed E-state index contributed by atoms with van der Waals surface area (Å²) >= 11 is 0. The molecule has 1 fully saturated rings. The molecule has 1 aliphatic heterocycles. The minimum absolute atomic E-state index is 0.0282. The number of ether oxygens (including phenoxy) is 1. The van der Waals surface area contributed by atoms with Gasteiger partial charge >= 0.3 is 0 Å². The van der Waals surface area contributed by atoms with Gasteiger partial charge in [0.25, 0.3) is 5.69 Å². The second-order valence-electron chi connectivity index (χ2n) is 8.83. The SMILES string of the molecule is CC1(CNC(=O)CC(CCc2ccccc2)c2c[nH]c3ccc([N+](=O)[O-])cc23)CCCO1. The first-order valence-corrected chi connectivity index (χ1v) is 11.1. The average Bonchev–Trinajstić information content (AvgIpc) is 3.42. The van der Waals surface area contributed by atoms with Gasteiger partial charge < -0.3 is 15.0 Å². The van der Waals surface area contributed by atoms with Gasteiger partial charge in [-0.3, -0.25) is 14.9 Å². The highest BCUT2D eigenvalue weighted by Crippen LogP contribution is 2.33. The number of nitrogens with zero attached hydrogens (tertiary/aromatic N) is 1. The lowest BCUT2D eigenvalue weighted by Crippen LogP contribution is -2.40. The predicted molar refractivity (Wildman–Crippen MR) is 124 cm³/mol. The highest BCUT2D eigenvalue weighted by molar-refractivity contribution is 5.87. The van der Waals surface area contributed by atoms with Gasteiger partial charge in [0.15, 0.2) is 0 Å². The summed E-state index contributed by atoms with van der Waals surface area (Å²) in [5.41, 5.74) is 2.74. The van der Waals surface area contributed by atoms with Gasteiger partial charge in [-0.15, -0.1) is 0 Å². The summed E-state index contributed by atoms with van der Waals surface area (Å²) in [5, 5.41) is 15.1. The largest absolute Gasteiger partial charge is 0.373 e. The van der Waals surface area contributed by atoms with Crippen LogP contribution in [0.2, 0.25) is 0 Å². The van der Waals surface area contributed by atoms with Crippen LogP contribution in [0.5, 0.6) is 0 Å². The number of non-ortho nitro benzene ring substituents is 1. The molecule has 168 valence electrons. The monoisotopic (exact) mass is 435 g/mol. The van der Waals surface area contributed by atoms with Crippen molar-refractivity contribution in [2.24, 2.45) is 0 Å². The molecule has 0 aliphatic carbocycles. The summed E-state index contributed by atoms with van der Waals surface area (Å²) in [6, 6.07) is 15.0. The van der Waals surface area contributed by atoms with Gasteiger partial charge in [-0.25, -0.2) is 0 Å². The number of amides is 1. The Balaban J connectivity index is 1.54. The Labute approximate surface area is 187 Å². The number of nitro groups is 1. The Bertz CT molecular complexity index is 1090. The van der Waals surface area contributed by atoms with Gasteiger partial charge in [-0.2, -0.15) is 0 Å². The number of nitrogens with one attached hydrogen (secondary N) is 2. The lowest BCUT2D eigenvalue weighted by molar-refractivity contribution is -0.384. The van der Waals surface area contributed by atoms with E-state index in [0.717, 1.165) is 48.8 Å². The Kier molecular flexibility index (Phi) is 6.55. The molecule has 1 aliphatic rings. The second-order valence-corrected chi connectivity index (χ2v) is 8.83. The van der Waals surface area contributed by atoms with Crippen LogP contribution in [0.3, 0.4) is 0 Å². The summed E-state index contributed by atoms with van der Waals surface area (Å²) < 4.78 is 5.78. The lowest BCUT2D eigenvalue weighted by atomic mass is 9.89. The van der Waals surface area contributed by atoms with Crippen molar-refractivity contribution >= 4 is 22.5 Å². The fourth-order valence-corrected chi connectivity index (χ4v) is 4.49. The van der Waals surface area contributed by atoms with Crippen molar-refractivity contribution in [1.82, 2.24) is 10.3 Å². The van der Waals surface area contributed by atoms with Gasteiger partial charge in [0.05, 0.1) is 10.5 Å². The van der Waals surface area contributed by atoms with E-state index in [4.69, 9.17) is 4.74 Å². The van der Waals surface area contributed by atoms with Crippen LogP contribution in [-0.2, 0) is 16.0 Å². The van der Waals surface area contributed by atoms with Crippen molar-refractivity contribution in [3.63, 3.8) is 0 Å². The van der Waals surface area contributed by atoms with Gasteiger partial charge in [-0.05, 0) is 55.7 Å². The fourth-order valence-electron chi connectivity index (χ4n) is 4.49. The van der Waals surface area contributed by atoms with E-state index >= 15 is 0 Å². The molecular formula is C25H29N3O4. The van der Waals surface area contributed by atoms with Crippen molar-refractivity contribution in [2.75, 3.05) is 13.2 Å². The number of aryl methyl sites for hydroxylation is 1. The molecule has 2 N–H and O–H groups in total. The van der Waals surface area contributed by atoms with E-state index in [9.17, 15) is 14.9 Å². The molecule has 2 unspecified atom stereocenters. The molecule has 7 nitrogen and oxygen atoms in total. The number of aromatic amines is 1. The van der Waals surface area contributed by atoms with Crippen LogP contribution in [0, 0.1) is 10.1 Å². The van der Waals surface area contributed by atoms with Crippen LogP contribution in [0.25, 0.3) is 10.9 Å². The van der Waals surface area contributed by atoms with Crippen LogP contribution >= 0.6 is 0 Å². The normalized spacial score (nSPS) is 19.2. The Hall–Kier alpha value is -3.19. The molecular weight excluding hydrogens is 406 g/mol. The van der Waals surface area contributed by atoms with Gasteiger partial charge in [0.2, 0.25) is 5.91 Å². The molecule has 1 aromatic heterocycles. The third-order valence-corrected chi connectivity index (χ3v) is 6.36. The number of hydrogen-bond acceptors (Lipinski definition) is 4. The minimum atomic E-state index is -0.385. The summed E-state index contributed by atoms with van der Waals surface area (Å²) in [5.74, 6) is -0.0946. The van der Waals surface area contributed by atoms with Crippen molar-refractivity contribution < 1.29 is 14.5 Å². The standard InChI is InChI=1S/C25H29N3O4/c1-25(12-5-13-32-25)17-27-24(29)14-19(9-8-18-6-3-2-4-7-18)22-16-26-23-11-10-20(28(30)31)15-21(22)23/h2-4,6-7,10-11,15-16,19,26H,5,8-9,12-14,17H2,1H3,(H,27,29). The Morgan fingerprint density at radius 1 is 1.28 bits per heavy atom. The fraction of sp³-hybridized carbons (Fsp3) is 0.400. The molecule has 4 rings (SSSR count). The number of nitro benzene ring substituents is 1. The summed E-state index contributed by atoms with van der Waals surface area (Å²) in [6.07, 6.45) is 5.75. The molecule has 2 heterocycles. The zero-order valence-electron chi connectivity index (χ0n) is 18.3. The van der Waals surface area contributed by atoms with Crippen molar-refractivity contribution in [3.05, 3.63) is 76.0 Å². The van der Waals surface area contributed by atoms with E-state index in [-0.39, 0.29) is 28.0 Å². The van der Waals surface area contributed by atoms with Crippen molar-refractivity contribution in [2.45, 2.75) is 50.5 Å². The number of benzene rings is 2. The number of carbonyl (C=O) groups is 1. The summed E-state index contributed by atoms with van der Waals surface area (Å²) in [4.78, 5) is 27.0. The molecule has 1 saturated heterocycles. The lowest BCUT2D eigenvalue weighted by Gasteiger charge is -2.24. The average molecular weight is 436 g/mol. The first kappa shape index (κ1) is 22.0. The molecule has 7 heteroatoms. The van der Waals surface area contributed by atoms with Gasteiger partial charge in [0.1, 0.15) is 0 Å².